The number of azide groups is 1. The van der Waals surface area contributed by atoms with E-state index < -0.39 is 50.0 Å². The highest BCUT2D eigenvalue weighted by Crippen LogP contribution is 2.51. The molecule has 4 rings (SSSR count). The van der Waals surface area contributed by atoms with Gasteiger partial charge in [0.25, 0.3) is 5.56 Å². The SMILES string of the molecule is Cc1cn([C@H]2C[C@H](N=[N+]=[N-])[C@@H](COP(=O)(OCc3ccc(O)cc3)OCc3ccc(C(=O)OC(C)C)cc3)O2)c(=O)[nH]c1=O. The number of aromatic hydroxyl groups is 1. The molecule has 1 saturated heterocycles. The van der Waals surface area contributed by atoms with Crippen LogP contribution in [-0.4, -0.2) is 45.5 Å². The monoisotopic (exact) mass is 629 g/mol. The summed E-state index contributed by atoms with van der Waals surface area (Å²) in [5.74, 6) is -0.443. The summed E-state index contributed by atoms with van der Waals surface area (Å²) in [6, 6.07) is 11.5. The van der Waals surface area contributed by atoms with Crippen LogP contribution in [0.25, 0.3) is 10.4 Å². The maximum absolute atomic E-state index is 13.8. The summed E-state index contributed by atoms with van der Waals surface area (Å²) >= 11 is 0. The minimum absolute atomic E-state index is 0.0407. The van der Waals surface area contributed by atoms with Crippen molar-refractivity contribution < 1.29 is 37.5 Å². The van der Waals surface area contributed by atoms with Gasteiger partial charge in [0, 0.05) is 23.1 Å². The number of nitrogens with one attached hydrogen (secondary N) is 1. The summed E-state index contributed by atoms with van der Waals surface area (Å²) in [6.07, 6.45) is -0.713. The van der Waals surface area contributed by atoms with Crippen molar-refractivity contribution in [3.63, 3.8) is 0 Å². The van der Waals surface area contributed by atoms with Crippen molar-refractivity contribution in [2.75, 3.05) is 6.61 Å². The molecule has 44 heavy (non-hydrogen) atoms. The summed E-state index contributed by atoms with van der Waals surface area (Å²) in [4.78, 5) is 41.4. The average molecular weight is 630 g/mol. The molecule has 0 spiro atoms. The summed E-state index contributed by atoms with van der Waals surface area (Å²) in [5.41, 5.74) is 9.59. The highest BCUT2D eigenvalue weighted by Gasteiger charge is 2.39. The molecule has 0 saturated carbocycles. The minimum Gasteiger partial charge on any atom is -0.508 e. The number of benzene rings is 2. The Hall–Kier alpha value is -4.23. The first-order chi connectivity index (χ1) is 21.0. The fourth-order valence-electron chi connectivity index (χ4n) is 4.22. The first-order valence-corrected chi connectivity index (χ1v) is 15.1. The van der Waals surface area contributed by atoms with Crippen molar-refractivity contribution in [3.8, 4) is 5.75 Å². The van der Waals surface area contributed by atoms with Crippen LogP contribution in [0.2, 0.25) is 0 Å². The third kappa shape index (κ3) is 8.66. The predicted molar refractivity (Wildman–Crippen MR) is 156 cm³/mol. The number of carbonyl (C=O) groups excluding carboxylic acids is 1. The molecule has 1 fully saturated rings. The molecule has 1 aliphatic heterocycles. The number of ether oxygens (including phenoxy) is 2. The van der Waals surface area contributed by atoms with Gasteiger partial charge >= 0.3 is 19.5 Å². The maximum atomic E-state index is 13.8. The number of carbonyl (C=O) groups is 1. The van der Waals surface area contributed by atoms with Crippen molar-refractivity contribution in [1.29, 1.82) is 0 Å². The Bertz CT molecular complexity index is 1670. The fourth-order valence-corrected chi connectivity index (χ4v) is 5.39. The molecule has 1 aliphatic rings. The lowest BCUT2D eigenvalue weighted by Crippen LogP contribution is -2.33. The van der Waals surface area contributed by atoms with E-state index in [1.54, 1.807) is 50.2 Å². The van der Waals surface area contributed by atoms with Crippen LogP contribution in [0, 0.1) is 6.92 Å². The van der Waals surface area contributed by atoms with Crippen molar-refractivity contribution >= 4 is 13.8 Å². The van der Waals surface area contributed by atoms with E-state index in [2.05, 4.69) is 15.0 Å². The zero-order valence-corrected chi connectivity index (χ0v) is 25.1. The Labute approximate surface area is 251 Å². The molecule has 1 unspecified atom stereocenters. The standard InChI is InChI=1S/C28H32N5O10P/c1-17(2)42-27(36)21-8-4-19(5-9-21)14-39-44(38,40-15-20-6-10-22(34)11-7-20)41-16-24-23(31-32-29)12-25(43-24)33-13-18(3)26(35)30-28(33)37/h4-11,13,17,23-25,34H,12,14-16H2,1-3H3,(H,30,35,37)/t23-,24+,25+,44?/m0/s1. The van der Waals surface area contributed by atoms with Crippen LogP contribution >= 0.6 is 7.82 Å². The maximum Gasteiger partial charge on any atom is 0.475 e. The molecule has 2 aromatic carbocycles. The van der Waals surface area contributed by atoms with Crippen LogP contribution < -0.4 is 11.2 Å². The number of aryl methyl sites for hydroxylation is 1. The smallest absolute Gasteiger partial charge is 0.475 e. The number of rotatable bonds is 13. The van der Waals surface area contributed by atoms with Crippen molar-refractivity contribution in [1.82, 2.24) is 9.55 Å². The van der Waals surface area contributed by atoms with E-state index in [0.717, 1.165) is 0 Å². The van der Waals surface area contributed by atoms with Gasteiger partial charge < -0.3 is 14.6 Å². The predicted octanol–water partition coefficient (Wildman–Crippen LogP) is 4.64. The number of esters is 1. The molecule has 0 radical (unpaired) electrons. The number of aromatic nitrogens is 2. The van der Waals surface area contributed by atoms with Crippen LogP contribution in [0.1, 0.15) is 53.5 Å². The topological polar surface area (TPSA) is 204 Å². The second-order valence-corrected chi connectivity index (χ2v) is 11.9. The van der Waals surface area contributed by atoms with Crippen molar-refractivity contribution in [2.24, 2.45) is 5.11 Å². The average Bonchev–Trinajstić information content (AvgIpc) is 3.39. The summed E-state index contributed by atoms with van der Waals surface area (Å²) in [6.45, 7) is 4.20. The molecule has 2 heterocycles. The Morgan fingerprint density at radius 2 is 1.73 bits per heavy atom. The van der Waals surface area contributed by atoms with Crippen LogP contribution in [-0.2, 0) is 40.8 Å². The lowest BCUT2D eigenvalue weighted by molar-refractivity contribution is -0.0311. The summed E-state index contributed by atoms with van der Waals surface area (Å²) in [5, 5.41) is 13.3. The van der Waals surface area contributed by atoms with E-state index in [9.17, 15) is 24.1 Å². The Kier molecular flexibility index (Phi) is 10.8. The van der Waals surface area contributed by atoms with E-state index in [1.807, 2.05) is 0 Å². The van der Waals surface area contributed by atoms with Gasteiger partial charge in [-0.1, -0.05) is 29.4 Å². The zero-order valence-electron chi connectivity index (χ0n) is 24.2. The molecule has 15 nitrogen and oxygen atoms in total. The zero-order chi connectivity index (χ0) is 31.9. The summed E-state index contributed by atoms with van der Waals surface area (Å²) in [7, 11) is -4.31. The van der Waals surface area contributed by atoms with E-state index in [1.165, 1.54) is 29.8 Å². The number of phosphoric acid groups is 1. The molecule has 16 heteroatoms. The third-order valence-corrected chi connectivity index (χ3v) is 7.86. The first-order valence-electron chi connectivity index (χ1n) is 13.6. The van der Waals surface area contributed by atoms with Gasteiger partial charge in [-0.2, -0.15) is 0 Å². The van der Waals surface area contributed by atoms with Gasteiger partial charge in [-0.3, -0.25) is 27.9 Å². The van der Waals surface area contributed by atoms with Crippen LogP contribution in [0.15, 0.2) is 69.4 Å². The van der Waals surface area contributed by atoms with E-state index in [-0.39, 0.29) is 37.1 Å². The molecule has 4 atom stereocenters. The molecular formula is C28H32N5O10P. The van der Waals surface area contributed by atoms with Gasteiger partial charge in [-0.05, 0) is 61.7 Å². The number of hydrogen-bond donors (Lipinski definition) is 2. The molecule has 234 valence electrons. The number of nitrogens with zero attached hydrogens (tertiary/aromatic N) is 4. The van der Waals surface area contributed by atoms with E-state index in [4.69, 9.17) is 28.6 Å². The van der Waals surface area contributed by atoms with Crippen LogP contribution in [0.5, 0.6) is 5.75 Å². The molecule has 1 aromatic heterocycles. The van der Waals surface area contributed by atoms with Crippen LogP contribution in [0.3, 0.4) is 0 Å². The lowest BCUT2D eigenvalue weighted by Gasteiger charge is -2.22. The number of hydrogen-bond acceptors (Lipinski definition) is 11. The molecule has 0 bridgehead atoms. The van der Waals surface area contributed by atoms with Crippen molar-refractivity contribution in [2.45, 2.75) is 64.9 Å². The Balaban J connectivity index is 1.49. The number of phosphoric ester groups is 1. The quantitative estimate of drug-likeness (QED) is 0.0881. The van der Waals surface area contributed by atoms with Gasteiger partial charge in [0.15, 0.2) is 0 Å². The minimum atomic E-state index is -4.31. The number of phenols is 1. The number of aromatic amines is 1. The fraction of sp³-hybridized carbons (Fsp3) is 0.393. The molecule has 0 amide bonds. The lowest BCUT2D eigenvalue weighted by atomic mass is 10.1. The van der Waals surface area contributed by atoms with E-state index >= 15 is 0 Å². The molecule has 0 aliphatic carbocycles. The Morgan fingerprint density at radius 1 is 1.11 bits per heavy atom. The van der Waals surface area contributed by atoms with E-state index in [0.29, 0.717) is 16.7 Å². The van der Waals surface area contributed by atoms with Gasteiger partial charge in [-0.25, -0.2) is 14.2 Å². The molecule has 2 N–H and O–H groups in total. The van der Waals surface area contributed by atoms with Gasteiger partial charge in [-0.15, -0.1) is 0 Å². The van der Waals surface area contributed by atoms with Gasteiger partial charge in [0.1, 0.15) is 12.0 Å². The Morgan fingerprint density at radius 3 is 2.32 bits per heavy atom. The molecular weight excluding hydrogens is 597 g/mol. The number of H-pyrrole nitrogens is 1. The largest absolute Gasteiger partial charge is 0.508 e. The van der Waals surface area contributed by atoms with Gasteiger partial charge in [0.05, 0.1) is 43.6 Å². The molecule has 3 aromatic rings. The first kappa shape index (κ1) is 32.7. The van der Waals surface area contributed by atoms with Gasteiger partial charge in [0.2, 0.25) is 0 Å². The van der Waals surface area contributed by atoms with Crippen molar-refractivity contribution in [3.05, 3.63) is 108 Å². The number of phenolic OH excluding ortho intramolecular Hbond substituents is 1. The highest BCUT2D eigenvalue weighted by atomic mass is 31.2. The second-order valence-electron chi connectivity index (χ2n) is 10.2. The second kappa shape index (κ2) is 14.5. The summed E-state index contributed by atoms with van der Waals surface area (Å²) < 4.78 is 43.0. The third-order valence-electron chi connectivity index (χ3n) is 6.50. The highest BCUT2D eigenvalue weighted by molar-refractivity contribution is 7.48. The van der Waals surface area contributed by atoms with Crippen LogP contribution in [0.4, 0.5) is 0 Å². The normalized spacial score (nSPS) is 19.3.